The molecule has 4 rings (SSSR count). The van der Waals surface area contributed by atoms with Gasteiger partial charge >= 0.3 is 0 Å². The first-order valence-corrected chi connectivity index (χ1v) is 10.4. The van der Waals surface area contributed by atoms with E-state index < -0.39 is 23.5 Å². The Bertz CT molecular complexity index is 1130. The number of rotatable bonds is 7. The van der Waals surface area contributed by atoms with Crippen LogP contribution < -0.4 is 0 Å². The van der Waals surface area contributed by atoms with Gasteiger partial charge in [0.15, 0.2) is 11.5 Å². The summed E-state index contributed by atoms with van der Waals surface area (Å²) < 4.78 is 11.3. The van der Waals surface area contributed by atoms with Crippen molar-refractivity contribution in [2.75, 3.05) is 13.2 Å². The fraction of sp³-hybridized carbons (Fsp3) is 0.250. The van der Waals surface area contributed by atoms with Crippen LogP contribution in [0.1, 0.15) is 36.0 Å². The molecule has 6 nitrogen and oxygen atoms in total. The van der Waals surface area contributed by atoms with Gasteiger partial charge in [-0.3, -0.25) is 9.59 Å². The molecule has 1 amide bonds. The third-order valence-corrected chi connectivity index (χ3v) is 5.42. The summed E-state index contributed by atoms with van der Waals surface area (Å²) in [6.07, 6.45) is -0.00936. The molecule has 1 unspecified atom stereocenters. The summed E-state index contributed by atoms with van der Waals surface area (Å²) in [7, 11) is 0. The van der Waals surface area contributed by atoms with Crippen molar-refractivity contribution in [2.24, 2.45) is 0 Å². The number of ketones is 1. The average Bonchev–Trinajstić information content (AvgIpc) is 3.28. The number of Topliss-reactive ketones (excluding diaryl/α,β-unsaturated/α-hetero) is 1. The lowest BCUT2D eigenvalue weighted by atomic mass is 9.95. The molecule has 3 aromatic rings. The van der Waals surface area contributed by atoms with Crippen molar-refractivity contribution in [3.63, 3.8) is 0 Å². The van der Waals surface area contributed by atoms with Crippen molar-refractivity contribution >= 4 is 34.3 Å². The molecule has 0 aliphatic carbocycles. The van der Waals surface area contributed by atoms with Crippen molar-refractivity contribution < 1.29 is 23.8 Å². The topological polar surface area (TPSA) is 80.0 Å². The van der Waals surface area contributed by atoms with E-state index in [9.17, 15) is 14.7 Å². The summed E-state index contributed by atoms with van der Waals surface area (Å²) in [5, 5.41) is 12.0. The number of para-hydroxylation sites is 1. The molecule has 0 fully saturated rings. The monoisotopic (exact) mass is 439 g/mol. The predicted octanol–water partition coefficient (Wildman–Crippen LogP) is 5.09. The molecule has 1 atom stereocenters. The minimum Gasteiger partial charge on any atom is -0.503 e. The summed E-state index contributed by atoms with van der Waals surface area (Å²) in [5.41, 5.74) is 1.20. The Morgan fingerprint density at radius 2 is 1.90 bits per heavy atom. The van der Waals surface area contributed by atoms with Crippen LogP contribution in [0.25, 0.3) is 11.0 Å². The van der Waals surface area contributed by atoms with Gasteiger partial charge in [0.05, 0.1) is 24.3 Å². The Morgan fingerprint density at radius 1 is 1.19 bits per heavy atom. The minimum atomic E-state index is -0.777. The number of fused-ring (bicyclic) bond motifs is 1. The molecule has 0 saturated heterocycles. The third-order valence-electron chi connectivity index (χ3n) is 5.17. The lowest BCUT2D eigenvalue weighted by Gasteiger charge is -2.27. The Balaban J connectivity index is 1.74. The number of nitrogens with zero attached hydrogens (tertiary/aromatic N) is 1. The molecule has 1 aliphatic rings. The van der Waals surface area contributed by atoms with Gasteiger partial charge in [0.25, 0.3) is 5.91 Å². The number of carbonyl (C=O) groups excluding carboxylic acids is 2. The Hall–Kier alpha value is -3.09. The van der Waals surface area contributed by atoms with Crippen LogP contribution in [0.15, 0.2) is 70.3 Å². The van der Waals surface area contributed by atoms with Gasteiger partial charge < -0.3 is 19.2 Å². The lowest BCUT2D eigenvalue weighted by Crippen LogP contribution is -2.34. The van der Waals surface area contributed by atoms with Crippen LogP contribution in [-0.4, -0.2) is 41.0 Å². The molecule has 160 valence electrons. The van der Waals surface area contributed by atoms with Crippen molar-refractivity contribution in [3.8, 4) is 0 Å². The van der Waals surface area contributed by atoms with E-state index in [4.69, 9.17) is 20.8 Å². The van der Waals surface area contributed by atoms with Crippen LogP contribution in [0.3, 0.4) is 0 Å². The van der Waals surface area contributed by atoms with Crippen molar-refractivity contribution in [2.45, 2.75) is 26.0 Å². The summed E-state index contributed by atoms with van der Waals surface area (Å²) in [6, 6.07) is 14.9. The zero-order valence-corrected chi connectivity index (χ0v) is 17.9. The normalized spacial score (nSPS) is 16.7. The number of hydrogen-bond donors (Lipinski definition) is 1. The standard InChI is InChI=1S/C24H22ClNO5/c1-14(2)30-12-11-26-21(15-7-9-17(25)10-8-15)20(23(28)24(26)29)22(27)19-13-16-5-3-4-6-18(16)31-19/h3-10,13-14,21,28H,11-12H2,1-2H3. The number of furan rings is 1. The van der Waals surface area contributed by atoms with E-state index in [1.54, 1.807) is 36.4 Å². The van der Waals surface area contributed by atoms with Gasteiger partial charge in [0, 0.05) is 17.0 Å². The van der Waals surface area contributed by atoms with Crippen LogP contribution in [0, 0.1) is 0 Å². The number of hydrogen-bond acceptors (Lipinski definition) is 5. The Labute approximate surface area is 184 Å². The number of halogens is 1. The molecule has 1 N–H and O–H groups in total. The largest absolute Gasteiger partial charge is 0.503 e. The second-order valence-electron chi connectivity index (χ2n) is 7.61. The smallest absolute Gasteiger partial charge is 0.290 e. The van der Waals surface area contributed by atoms with Gasteiger partial charge in [0.2, 0.25) is 5.78 Å². The summed E-state index contributed by atoms with van der Waals surface area (Å²) >= 11 is 6.03. The molecule has 2 heterocycles. The van der Waals surface area contributed by atoms with E-state index in [-0.39, 0.29) is 30.6 Å². The highest BCUT2D eigenvalue weighted by molar-refractivity contribution is 6.30. The van der Waals surface area contributed by atoms with Crippen molar-refractivity contribution in [1.82, 2.24) is 4.90 Å². The lowest BCUT2D eigenvalue weighted by molar-refractivity contribution is -0.130. The molecule has 0 spiro atoms. The van der Waals surface area contributed by atoms with Gasteiger partial charge in [-0.2, -0.15) is 0 Å². The van der Waals surface area contributed by atoms with Gasteiger partial charge in [-0.1, -0.05) is 41.9 Å². The van der Waals surface area contributed by atoms with Crippen LogP contribution in [0.4, 0.5) is 0 Å². The molecule has 0 saturated carbocycles. The quantitative estimate of drug-likeness (QED) is 0.518. The molecule has 2 aromatic carbocycles. The molecule has 7 heteroatoms. The maximum absolute atomic E-state index is 13.4. The van der Waals surface area contributed by atoms with Gasteiger partial charge in [-0.15, -0.1) is 0 Å². The first kappa shape index (κ1) is 21.2. The molecule has 0 radical (unpaired) electrons. The number of amides is 1. The first-order valence-electron chi connectivity index (χ1n) is 10.0. The van der Waals surface area contributed by atoms with Crippen molar-refractivity contribution in [3.05, 3.63) is 82.3 Å². The Morgan fingerprint density at radius 3 is 2.58 bits per heavy atom. The minimum absolute atomic E-state index is 0.00936. The number of benzene rings is 2. The molecule has 1 aromatic heterocycles. The molecular weight excluding hydrogens is 418 g/mol. The maximum atomic E-state index is 13.4. The maximum Gasteiger partial charge on any atom is 0.290 e. The van der Waals surface area contributed by atoms with Crippen molar-refractivity contribution in [1.29, 1.82) is 0 Å². The molecule has 0 bridgehead atoms. The number of aliphatic hydroxyl groups is 1. The second kappa shape index (κ2) is 8.57. The Kier molecular flexibility index (Phi) is 5.85. The van der Waals surface area contributed by atoms with E-state index in [1.807, 2.05) is 32.0 Å². The van der Waals surface area contributed by atoms with E-state index in [2.05, 4.69) is 0 Å². The molecular formula is C24H22ClNO5. The fourth-order valence-corrected chi connectivity index (χ4v) is 3.85. The third kappa shape index (κ3) is 4.09. The highest BCUT2D eigenvalue weighted by Crippen LogP contribution is 2.39. The van der Waals surface area contributed by atoms with Crippen LogP contribution in [-0.2, 0) is 9.53 Å². The van der Waals surface area contributed by atoms with E-state index >= 15 is 0 Å². The van der Waals surface area contributed by atoms with E-state index in [0.29, 0.717) is 16.2 Å². The summed E-state index contributed by atoms with van der Waals surface area (Å²) in [6.45, 7) is 4.28. The van der Waals surface area contributed by atoms with Crippen LogP contribution in [0.2, 0.25) is 5.02 Å². The van der Waals surface area contributed by atoms with Gasteiger partial charge in [0.1, 0.15) is 5.58 Å². The molecule has 1 aliphatic heterocycles. The number of ether oxygens (including phenoxy) is 1. The van der Waals surface area contributed by atoms with Gasteiger partial charge in [-0.05, 0) is 43.7 Å². The van der Waals surface area contributed by atoms with Gasteiger partial charge in [-0.25, -0.2) is 0 Å². The first-order chi connectivity index (χ1) is 14.9. The van der Waals surface area contributed by atoms with E-state index in [1.165, 1.54) is 4.90 Å². The predicted molar refractivity (Wildman–Crippen MR) is 117 cm³/mol. The van der Waals surface area contributed by atoms with Crippen LogP contribution >= 0.6 is 11.6 Å². The SMILES string of the molecule is CC(C)OCCN1C(=O)C(O)=C(C(=O)c2cc3ccccc3o2)C1c1ccc(Cl)cc1. The zero-order chi connectivity index (χ0) is 22.1. The highest BCUT2D eigenvalue weighted by Gasteiger charge is 2.44. The number of carbonyl (C=O) groups is 2. The van der Waals surface area contributed by atoms with E-state index in [0.717, 1.165) is 5.39 Å². The second-order valence-corrected chi connectivity index (χ2v) is 8.05. The fourth-order valence-electron chi connectivity index (χ4n) is 3.72. The molecule has 31 heavy (non-hydrogen) atoms. The number of aliphatic hydroxyl groups excluding tert-OH is 1. The zero-order valence-electron chi connectivity index (χ0n) is 17.2. The highest BCUT2D eigenvalue weighted by atomic mass is 35.5. The average molecular weight is 440 g/mol. The summed E-state index contributed by atoms with van der Waals surface area (Å²) in [4.78, 5) is 27.7. The summed E-state index contributed by atoms with van der Waals surface area (Å²) in [5.74, 6) is -1.66. The van der Waals surface area contributed by atoms with Crippen LogP contribution in [0.5, 0.6) is 0 Å².